The van der Waals surface area contributed by atoms with Crippen molar-refractivity contribution in [2.24, 2.45) is 0 Å². The highest BCUT2D eigenvalue weighted by Gasteiger charge is 2.35. The van der Waals surface area contributed by atoms with E-state index >= 15 is 0 Å². The summed E-state index contributed by atoms with van der Waals surface area (Å²) in [6, 6.07) is 7.06. The summed E-state index contributed by atoms with van der Waals surface area (Å²) >= 11 is 22.8. The second kappa shape index (κ2) is 9.28. The number of nitro groups is 1. The maximum Gasteiger partial charge on any atom is 0.296 e. The maximum absolute atomic E-state index is 12.1. The number of carbonyl (C=O) groups is 1. The minimum Gasteiger partial charge on any atom is -0.496 e. The van der Waals surface area contributed by atoms with Gasteiger partial charge in [-0.2, -0.15) is 0 Å². The molecule has 150 valence electrons. The number of alkyl halides is 3. The van der Waals surface area contributed by atoms with E-state index in [9.17, 15) is 14.9 Å². The van der Waals surface area contributed by atoms with Crippen LogP contribution >= 0.6 is 47.0 Å². The van der Waals surface area contributed by atoms with E-state index in [1.165, 1.54) is 43.7 Å². The number of rotatable bonds is 6. The van der Waals surface area contributed by atoms with Gasteiger partial charge in [0.25, 0.3) is 11.6 Å². The van der Waals surface area contributed by atoms with Crippen molar-refractivity contribution < 1.29 is 18.9 Å². The largest absolute Gasteiger partial charge is 0.496 e. The molecule has 0 saturated heterocycles. The molecule has 1 heterocycles. The SMILES string of the molecule is COc1ccc(NC(=S)N[C@@H](NC(=O)c2ccco2)C(Cl)(Cl)Cl)c([N+](=O)[O-])c1. The number of anilines is 1. The average molecular weight is 468 g/mol. The van der Waals surface area contributed by atoms with Crippen molar-refractivity contribution in [2.75, 3.05) is 12.4 Å². The van der Waals surface area contributed by atoms with Gasteiger partial charge in [-0.25, -0.2) is 0 Å². The fraction of sp³-hybridized carbons (Fsp3) is 0.200. The highest BCUT2D eigenvalue weighted by molar-refractivity contribution is 7.80. The summed E-state index contributed by atoms with van der Waals surface area (Å²) in [5.41, 5.74) is -0.211. The van der Waals surface area contributed by atoms with Gasteiger partial charge in [-0.15, -0.1) is 0 Å². The molecule has 3 N–H and O–H groups in total. The van der Waals surface area contributed by atoms with Gasteiger partial charge in [0.05, 0.1) is 24.4 Å². The van der Waals surface area contributed by atoms with E-state index in [1.807, 2.05) is 0 Å². The molecule has 0 aliphatic heterocycles. The number of amides is 1. The lowest BCUT2D eigenvalue weighted by Crippen LogP contribution is -2.56. The summed E-state index contributed by atoms with van der Waals surface area (Å²) in [4.78, 5) is 22.8. The van der Waals surface area contributed by atoms with Gasteiger partial charge in [-0.05, 0) is 36.5 Å². The molecule has 1 amide bonds. The molecule has 0 aliphatic rings. The molecular formula is C15H13Cl3N4O5S. The molecule has 0 saturated carbocycles. The molecule has 2 rings (SSSR count). The Hall–Kier alpha value is -2.27. The van der Waals surface area contributed by atoms with Crippen LogP contribution in [0.4, 0.5) is 11.4 Å². The Bertz CT molecular complexity index is 873. The van der Waals surface area contributed by atoms with Crippen molar-refractivity contribution in [3.8, 4) is 5.75 Å². The number of nitrogens with one attached hydrogen (secondary N) is 3. The minimum atomic E-state index is -2.00. The number of ether oxygens (including phenoxy) is 1. The topological polar surface area (TPSA) is 119 Å². The first kappa shape index (κ1) is 22.0. The molecule has 13 heteroatoms. The zero-order valence-electron chi connectivity index (χ0n) is 14.1. The van der Waals surface area contributed by atoms with Gasteiger partial charge >= 0.3 is 0 Å². The molecule has 1 aromatic heterocycles. The van der Waals surface area contributed by atoms with Crippen LogP contribution in [-0.4, -0.2) is 33.0 Å². The minimum absolute atomic E-state index is 0.00859. The van der Waals surface area contributed by atoms with E-state index in [1.54, 1.807) is 0 Å². The lowest BCUT2D eigenvalue weighted by atomic mass is 10.2. The van der Waals surface area contributed by atoms with Gasteiger partial charge in [-0.1, -0.05) is 34.8 Å². The maximum atomic E-state index is 12.1. The molecule has 1 atom stereocenters. The zero-order valence-corrected chi connectivity index (χ0v) is 17.2. The van der Waals surface area contributed by atoms with Gasteiger partial charge in [-0.3, -0.25) is 14.9 Å². The van der Waals surface area contributed by atoms with Crippen LogP contribution in [-0.2, 0) is 0 Å². The second-order valence-electron chi connectivity index (χ2n) is 5.16. The summed E-state index contributed by atoms with van der Waals surface area (Å²) in [6.07, 6.45) is 0.0363. The third-order valence-corrected chi connectivity index (χ3v) is 4.15. The van der Waals surface area contributed by atoms with E-state index in [2.05, 4.69) is 16.0 Å². The molecule has 0 bridgehead atoms. The van der Waals surface area contributed by atoms with E-state index < -0.39 is 20.8 Å². The van der Waals surface area contributed by atoms with Crippen LogP contribution in [0.1, 0.15) is 10.6 Å². The van der Waals surface area contributed by atoms with Crippen LogP contribution < -0.4 is 20.7 Å². The summed E-state index contributed by atoms with van der Waals surface area (Å²) in [5, 5.41) is 18.7. The number of furan rings is 1. The number of methoxy groups -OCH3 is 1. The first-order valence-electron chi connectivity index (χ1n) is 7.43. The Morgan fingerprint density at radius 2 is 2.04 bits per heavy atom. The van der Waals surface area contributed by atoms with Crippen LogP contribution in [0.2, 0.25) is 0 Å². The van der Waals surface area contributed by atoms with E-state index in [4.69, 9.17) is 56.2 Å². The molecule has 0 aliphatic carbocycles. The Morgan fingerprint density at radius 1 is 1.32 bits per heavy atom. The van der Waals surface area contributed by atoms with Gasteiger partial charge in [0.15, 0.2) is 10.9 Å². The Balaban J connectivity index is 2.14. The molecule has 2 aromatic rings. The smallest absolute Gasteiger partial charge is 0.296 e. The zero-order chi connectivity index (χ0) is 20.9. The fourth-order valence-electron chi connectivity index (χ4n) is 1.99. The lowest BCUT2D eigenvalue weighted by Gasteiger charge is -2.27. The molecule has 0 radical (unpaired) electrons. The van der Waals surface area contributed by atoms with E-state index in [-0.39, 0.29) is 22.2 Å². The third kappa shape index (κ3) is 5.86. The standard InChI is InChI=1S/C15H13Cl3N4O5S/c1-26-8-4-5-9(10(7-8)22(24)25)19-14(28)21-13(15(16,17)18)20-12(23)11-3-2-6-27-11/h2-7,13H,1H3,(H,20,23)(H2,19,21,28)/t13-/m1/s1. The van der Waals surface area contributed by atoms with Crippen molar-refractivity contribution in [3.63, 3.8) is 0 Å². The van der Waals surface area contributed by atoms with Gasteiger partial charge < -0.3 is 25.1 Å². The van der Waals surface area contributed by atoms with Crippen LogP contribution in [0.25, 0.3) is 0 Å². The van der Waals surface area contributed by atoms with Gasteiger partial charge in [0.2, 0.25) is 3.79 Å². The normalized spacial score (nSPS) is 12.0. The number of nitro benzene ring substituents is 1. The van der Waals surface area contributed by atoms with Crippen molar-refractivity contribution in [1.29, 1.82) is 0 Å². The fourth-order valence-corrected chi connectivity index (χ4v) is 2.55. The molecule has 0 unspecified atom stereocenters. The number of thiocarbonyl (C=S) groups is 1. The van der Waals surface area contributed by atoms with E-state index in [0.29, 0.717) is 5.75 Å². The van der Waals surface area contributed by atoms with Crippen LogP contribution in [0.5, 0.6) is 5.75 Å². The van der Waals surface area contributed by atoms with Gasteiger partial charge in [0.1, 0.15) is 17.6 Å². The first-order valence-corrected chi connectivity index (χ1v) is 8.97. The number of nitrogens with zero attached hydrogens (tertiary/aromatic N) is 1. The van der Waals surface area contributed by atoms with Crippen molar-refractivity contribution in [1.82, 2.24) is 10.6 Å². The summed E-state index contributed by atoms with van der Waals surface area (Å²) < 4.78 is 7.93. The summed E-state index contributed by atoms with van der Waals surface area (Å²) in [7, 11) is 1.38. The molecular weight excluding hydrogens is 455 g/mol. The Labute approximate surface area is 179 Å². The quantitative estimate of drug-likeness (QED) is 0.194. The predicted octanol–water partition coefficient (Wildman–Crippen LogP) is 3.61. The van der Waals surface area contributed by atoms with Crippen molar-refractivity contribution in [2.45, 2.75) is 9.96 Å². The number of hydrogen-bond donors (Lipinski definition) is 3. The average Bonchev–Trinajstić information content (AvgIpc) is 3.15. The number of halogens is 3. The number of carbonyl (C=O) groups excluding carboxylic acids is 1. The highest BCUT2D eigenvalue weighted by Crippen LogP contribution is 2.31. The van der Waals surface area contributed by atoms with E-state index in [0.717, 1.165) is 0 Å². The monoisotopic (exact) mass is 466 g/mol. The summed E-state index contributed by atoms with van der Waals surface area (Å²) in [6.45, 7) is 0. The lowest BCUT2D eigenvalue weighted by molar-refractivity contribution is -0.384. The Kier molecular flexibility index (Phi) is 7.30. The molecule has 9 nitrogen and oxygen atoms in total. The van der Waals surface area contributed by atoms with Crippen LogP contribution in [0.15, 0.2) is 41.0 Å². The van der Waals surface area contributed by atoms with Gasteiger partial charge in [0, 0.05) is 0 Å². The number of hydrogen-bond acceptors (Lipinski definition) is 6. The van der Waals surface area contributed by atoms with Crippen molar-refractivity contribution >= 4 is 69.4 Å². The Morgan fingerprint density at radius 3 is 2.57 bits per heavy atom. The summed E-state index contributed by atoms with van der Waals surface area (Å²) in [5.74, 6) is -0.376. The number of benzene rings is 1. The third-order valence-electron chi connectivity index (χ3n) is 3.27. The predicted molar refractivity (Wildman–Crippen MR) is 109 cm³/mol. The molecule has 28 heavy (non-hydrogen) atoms. The second-order valence-corrected chi connectivity index (χ2v) is 7.94. The molecule has 0 spiro atoms. The highest BCUT2D eigenvalue weighted by atomic mass is 35.6. The van der Waals surface area contributed by atoms with Crippen LogP contribution in [0.3, 0.4) is 0 Å². The van der Waals surface area contributed by atoms with Crippen molar-refractivity contribution in [3.05, 3.63) is 52.5 Å². The molecule has 1 aromatic carbocycles. The molecule has 0 fully saturated rings. The van der Waals surface area contributed by atoms with Crippen LogP contribution in [0, 0.1) is 10.1 Å². The first-order chi connectivity index (χ1) is 13.1.